The number of aromatic nitrogens is 1. The molecule has 0 saturated heterocycles. The zero-order chi connectivity index (χ0) is 9.26. The third kappa shape index (κ3) is 1.55. The van der Waals surface area contributed by atoms with Gasteiger partial charge in [0, 0.05) is 11.9 Å². The van der Waals surface area contributed by atoms with Gasteiger partial charge in [-0.05, 0) is 36.8 Å². The average molecular weight is 172 g/mol. The van der Waals surface area contributed by atoms with Crippen molar-refractivity contribution < 1.29 is 0 Å². The molecule has 0 saturated carbocycles. The van der Waals surface area contributed by atoms with Crippen LogP contribution >= 0.6 is 0 Å². The van der Waals surface area contributed by atoms with Crippen LogP contribution in [0.3, 0.4) is 0 Å². The summed E-state index contributed by atoms with van der Waals surface area (Å²) in [5, 5.41) is 8.72. The van der Waals surface area contributed by atoms with E-state index in [1.807, 2.05) is 6.07 Å². The van der Waals surface area contributed by atoms with Gasteiger partial charge in [0.15, 0.2) is 0 Å². The largest absolute Gasteiger partial charge is 0.260 e. The molecule has 0 N–H and O–H groups in total. The molecule has 0 radical (unpaired) electrons. The summed E-state index contributed by atoms with van der Waals surface area (Å²) in [7, 11) is 0. The van der Waals surface area contributed by atoms with Gasteiger partial charge < -0.3 is 0 Å². The van der Waals surface area contributed by atoms with Crippen molar-refractivity contribution in [2.24, 2.45) is 5.92 Å². The first kappa shape index (κ1) is 8.25. The van der Waals surface area contributed by atoms with Gasteiger partial charge in [0.2, 0.25) is 0 Å². The molecule has 0 spiro atoms. The molecule has 2 rings (SSSR count). The summed E-state index contributed by atoms with van der Waals surface area (Å²) in [4.78, 5) is 4.30. The van der Waals surface area contributed by atoms with Crippen molar-refractivity contribution in [1.29, 1.82) is 5.26 Å². The van der Waals surface area contributed by atoms with Crippen LogP contribution in [-0.4, -0.2) is 4.98 Å². The molecule has 2 heteroatoms. The molecule has 0 fully saturated rings. The molecule has 0 aromatic carbocycles. The minimum atomic E-state index is 0.688. The Hall–Kier alpha value is -1.36. The highest BCUT2D eigenvalue weighted by atomic mass is 14.7. The lowest BCUT2D eigenvalue weighted by Crippen LogP contribution is -2.12. The number of nitriles is 1. The standard InChI is InChI=1S/C11H12N2/c1-8-2-3-11-10(4-8)5-9(6-12)7-13-11/h5,7-8H,2-4H2,1H3. The van der Waals surface area contributed by atoms with E-state index in [1.54, 1.807) is 6.20 Å². The smallest absolute Gasteiger partial charge is 0.101 e. The summed E-state index contributed by atoms with van der Waals surface area (Å²) in [6.45, 7) is 2.25. The van der Waals surface area contributed by atoms with Gasteiger partial charge in [-0.15, -0.1) is 0 Å². The second kappa shape index (κ2) is 3.18. The Balaban J connectivity index is 2.39. The maximum Gasteiger partial charge on any atom is 0.101 e. The third-order valence-electron chi connectivity index (χ3n) is 2.63. The fourth-order valence-corrected chi connectivity index (χ4v) is 1.86. The zero-order valence-electron chi connectivity index (χ0n) is 7.75. The number of pyridine rings is 1. The molecule has 1 aromatic rings. The summed E-state index contributed by atoms with van der Waals surface area (Å²) in [6.07, 6.45) is 5.06. The average Bonchev–Trinajstić information content (AvgIpc) is 2.16. The monoisotopic (exact) mass is 172 g/mol. The Morgan fingerprint density at radius 2 is 2.46 bits per heavy atom. The molecule has 2 nitrogen and oxygen atoms in total. The predicted molar refractivity (Wildman–Crippen MR) is 50.1 cm³/mol. The molecule has 1 aliphatic rings. The molecule has 1 aliphatic carbocycles. The molecule has 1 aromatic heterocycles. The van der Waals surface area contributed by atoms with Gasteiger partial charge in [-0.2, -0.15) is 5.26 Å². The Bertz CT molecular complexity index is 363. The van der Waals surface area contributed by atoms with Crippen LogP contribution < -0.4 is 0 Å². The first-order valence-corrected chi connectivity index (χ1v) is 4.67. The van der Waals surface area contributed by atoms with E-state index in [-0.39, 0.29) is 0 Å². The minimum Gasteiger partial charge on any atom is -0.260 e. The van der Waals surface area contributed by atoms with Crippen molar-refractivity contribution in [3.8, 4) is 6.07 Å². The van der Waals surface area contributed by atoms with E-state index < -0.39 is 0 Å². The highest BCUT2D eigenvalue weighted by molar-refractivity contribution is 5.34. The summed E-state index contributed by atoms with van der Waals surface area (Å²) < 4.78 is 0. The maximum absolute atomic E-state index is 8.72. The Labute approximate surface area is 78.2 Å². The third-order valence-corrected chi connectivity index (χ3v) is 2.63. The van der Waals surface area contributed by atoms with E-state index >= 15 is 0 Å². The Kier molecular flexibility index (Phi) is 2.02. The molecule has 0 amide bonds. The first-order chi connectivity index (χ1) is 6.29. The van der Waals surface area contributed by atoms with Gasteiger partial charge in [0.25, 0.3) is 0 Å². The van der Waals surface area contributed by atoms with Gasteiger partial charge in [-0.3, -0.25) is 4.98 Å². The number of nitrogens with zero attached hydrogens (tertiary/aromatic N) is 2. The van der Waals surface area contributed by atoms with E-state index in [2.05, 4.69) is 18.0 Å². The topological polar surface area (TPSA) is 36.7 Å². The summed E-state index contributed by atoms with van der Waals surface area (Å²) in [6, 6.07) is 4.11. The van der Waals surface area contributed by atoms with Crippen LogP contribution in [0.2, 0.25) is 0 Å². The second-order valence-electron chi connectivity index (χ2n) is 3.79. The van der Waals surface area contributed by atoms with E-state index in [0.29, 0.717) is 5.56 Å². The molecular weight excluding hydrogens is 160 g/mol. The van der Waals surface area contributed by atoms with Gasteiger partial charge in [0.05, 0.1) is 5.56 Å². The number of hydrogen-bond acceptors (Lipinski definition) is 2. The molecule has 0 aliphatic heterocycles. The highest BCUT2D eigenvalue weighted by Gasteiger charge is 2.16. The van der Waals surface area contributed by atoms with E-state index in [1.165, 1.54) is 17.7 Å². The van der Waals surface area contributed by atoms with Crippen molar-refractivity contribution in [2.75, 3.05) is 0 Å². The molecule has 1 unspecified atom stereocenters. The van der Waals surface area contributed by atoms with Crippen LogP contribution in [0, 0.1) is 17.2 Å². The van der Waals surface area contributed by atoms with Crippen LogP contribution in [0.25, 0.3) is 0 Å². The molecular formula is C11H12N2. The first-order valence-electron chi connectivity index (χ1n) is 4.67. The normalized spacial score (nSPS) is 20.5. The van der Waals surface area contributed by atoms with E-state index in [0.717, 1.165) is 18.8 Å². The molecule has 66 valence electrons. The molecule has 1 heterocycles. The van der Waals surface area contributed by atoms with Crippen molar-refractivity contribution in [3.05, 3.63) is 29.1 Å². The van der Waals surface area contributed by atoms with Crippen molar-refractivity contribution in [1.82, 2.24) is 4.98 Å². The van der Waals surface area contributed by atoms with Gasteiger partial charge in [-0.25, -0.2) is 0 Å². The van der Waals surface area contributed by atoms with Crippen LogP contribution in [0.5, 0.6) is 0 Å². The predicted octanol–water partition coefficient (Wildman–Crippen LogP) is 2.08. The lowest BCUT2D eigenvalue weighted by molar-refractivity contribution is 0.494. The lowest BCUT2D eigenvalue weighted by Gasteiger charge is -2.20. The van der Waals surface area contributed by atoms with Crippen molar-refractivity contribution in [3.63, 3.8) is 0 Å². The minimum absolute atomic E-state index is 0.688. The molecule has 13 heavy (non-hydrogen) atoms. The van der Waals surface area contributed by atoms with Crippen LogP contribution in [0.15, 0.2) is 12.3 Å². The highest BCUT2D eigenvalue weighted by Crippen LogP contribution is 2.23. The van der Waals surface area contributed by atoms with Crippen molar-refractivity contribution >= 4 is 0 Å². The van der Waals surface area contributed by atoms with Gasteiger partial charge in [-0.1, -0.05) is 6.92 Å². The van der Waals surface area contributed by atoms with Crippen molar-refractivity contribution in [2.45, 2.75) is 26.2 Å². The number of hydrogen-bond donors (Lipinski definition) is 0. The summed E-state index contributed by atoms with van der Waals surface area (Å²) in [5.74, 6) is 0.739. The lowest BCUT2D eigenvalue weighted by atomic mass is 9.87. The second-order valence-corrected chi connectivity index (χ2v) is 3.79. The number of rotatable bonds is 0. The fourth-order valence-electron chi connectivity index (χ4n) is 1.86. The summed E-state index contributed by atoms with van der Waals surface area (Å²) >= 11 is 0. The van der Waals surface area contributed by atoms with Gasteiger partial charge >= 0.3 is 0 Å². The molecule has 1 atom stereocenters. The Morgan fingerprint density at radius 1 is 1.62 bits per heavy atom. The zero-order valence-corrected chi connectivity index (χ0v) is 7.75. The van der Waals surface area contributed by atoms with Crippen LogP contribution in [0.1, 0.15) is 30.2 Å². The maximum atomic E-state index is 8.72. The summed E-state index contributed by atoms with van der Waals surface area (Å²) in [5.41, 5.74) is 3.16. The number of aryl methyl sites for hydroxylation is 1. The fraction of sp³-hybridized carbons (Fsp3) is 0.455. The quantitative estimate of drug-likeness (QED) is 0.600. The molecule has 0 bridgehead atoms. The Morgan fingerprint density at radius 3 is 3.23 bits per heavy atom. The number of fused-ring (bicyclic) bond motifs is 1. The van der Waals surface area contributed by atoms with Crippen LogP contribution in [0.4, 0.5) is 0 Å². The van der Waals surface area contributed by atoms with E-state index in [4.69, 9.17) is 5.26 Å². The van der Waals surface area contributed by atoms with Crippen LogP contribution in [-0.2, 0) is 12.8 Å². The van der Waals surface area contributed by atoms with E-state index in [9.17, 15) is 0 Å². The SMILES string of the molecule is CC1CCc2ncc(C#N)cc2C1. The van der Waals surface area contributed by atoms with Gasteiger partial charge in [0.1, 0.15) is 6.07 Å².